The van der Waals surface area contributed by atoms with E-state index in [1.54, 1.807) is 12.1 Å². The molecule has 0 aromatic heterocycles. The topological polar surface area (TPSA) is 35.5 Å². The molecule has 0 bridgehead atoms. The standard InChI is InChI=1S/C19H29FN2O/c1-14(15-5-4-6-16(20)13-15)21-17-9-11-22(12-10-17)18-7-2-3-8-19(18)23/h4-6,13-14,17-19,21,23H,2-3,7-12H2,1H3. The van der Waals surface area contributed by atoms with Gasteiger partial charge >= 0.3 is 0 Å². The lowest BCUT2D eigenvalue weighted by Crippen LogP contribution is -2.51. The number of hydrogen-bond acceptors (Lipinski definition) is 3. The van der Waals surface area contributed by atoms with E-state index in [9.17, 15) is 9.50 Å². The monoisotopic (exact) mass is 320 g/mol. The van der Waals surface area contributed by atoms with Crippen LogP contribution in [-0.4, -0.2) is 41.3 Å². The average Bonchev–Trinajstić information content (AvgIpc) is 2.56. The zero-order valence-electron chi connectivity index (χ0n) is 14.0. The van der Waals surface area contributed by atoms with Crippen LogP contribution >= 0.6 is 0 Å². The van der Waals surface area contributed by atoms with Gasteiger partial charge in [-0.25, -0.2) is 4.39 Å². The fourth-order valence-corrected chi connectivity index (χ4v) is 4.14. The number of aliphatic hydroxyl groups is 1. The first-order valence-corrected chi connectivity index (χ1v) is 9.07. The molecule has 1 aromatic rings. The second-order valence-electron chi connectivity index (χ2n) is 7.17. The molecule has 3 rings (SSSR count). The summed E-state index contributed by atoms with van der Waals surface area (Å²) >= 11 is 0. The summed E-state index contributed by atoms with van der Waals surface area (Å²) in [5.41, 5.74) is 1.01. The van der Waals surface area contributed by atoms with Gasteiger partial charge in [-0.3, -0.25) is 4.90 Å². The molecule has 3 unspecified atom stereocenters. The van der Waals surface area contributed by atoms with Gasteiger partial charge in [-0.05, 0) is 50.3 Å². The number of likely N-dealkylation sites (tertiary alicyclic amines) is 1. The summed E-state index contributed by atoms with van der Waals surface area (Å²) in [5.74, 6) is -0.169. The highest BCUT2D eigenvalue weighted by molar-refractivity contribution is 5.19. The first-order chi connectivity index (χ1) is 11.1. The molecule has 1 saturated heterocycles. The molecule has 2 aliphatic rings. The van der Waals surface area contributed by atoms with Crippen molar-refractivity contribution < 1.29 is 9.50 Å². The first kappa shape index (κ1) is 16.9. The highest BCUT2D eigenvalue weighted by Gasteiger charge is 2.31. The van der Waals surface area contributed by atoms with E-state index in [1.807, 2.05) is 6.07 Å². The van der Waals surface area contributed by atoms with E-state index >= 15 is 0 Å². The van der Waals surface area contributed by atoms with Crippen LogP contribution in [0.25, 0.3) is 0 Å². The Morgan fingerprint density at radius 2 is 1.91 bits per heavy atom. The minimum atomic E-state index is -0.169. The molecule has 23 heavy (non-hydrogen) atoms. The van der Waals surface area contributed by atoms with E-state index in [4.69, 9.17) is 0 Å². The third-order valence-electron chi connectivity index (χ3n) is 5.53. The number of nitrogens with one attached hydrogen (secondary N) is 1. The number of piperidine rings is 1. The van der Waals surface area contributed by atoms with Gasteiger partial charge in [0.15, 0.2) is 0 Å². The van der Waals surface area contributed by atoms with Gasteiger partial charge < -0.3 is 10.4 Å². The number of rotatable bonds is 4. The lowest BCUT2D eigenvalue weighted by Gasteiger charge is -2.42. The van der Waals surface area contributed by atoms with Crippen molar-refractivity contribution in [1.29, 1.82) is 0 Å². The van der Waals surface area contributed by atoms with Crippen molar-refractivity contribution >= 4 is 0 Å². The maximum absolute atomic E-state index is 13.3. The lowest BCUT2D eigenvalue weighted by molar-refractivity contribution is 0.00671. The summed E-state index contributed by atoms with van der Waals surface area (Å²) in [6.45, 7) is 4.20. The van der Waals surface area contributed by atoms with Crippen molar-refractivity contribution in [3.05, 3.63) is 35.6 Å². The van der Waals surface area contributed by atoms with E-state index in [2.05, 4.69) is 17.1 Å². The summed E-state index contributed by atoms with van der Waals surface area (Å²) in [6.07, 6.45) is 6.57. The summed E-state index contributed by atoms with van der Waals surface area (Å²) in [4.78, 5) is 2.48. The van der Waals surface area contributed by atoms with Gasteiger partial charge in [0.2, 0.25) is 0 Å². The Kier molecular flexibility index (Phi) is 5.67. The number of benzene rings is 1. The van der Waals surface area contributed by atoms with Gasteiger partial charge in [-0.2, -0.15) is 0 Å². The van der Waals surface area contributed by atoms with Crippen molar-refractivity contribution in [1.82, 2.24) is 10.2 Å². The van der Waals surface area contributed by atoms with E-state index in [0.717, 1.165) is 44.3 Å². The molecule has 2 N–H and O–H groups in total. The highest BCUT2D eigenvalue weighted by atomic mass is 19.1. The quantitative estimate of drug-likeness (QED) is 0.894. The summed E-state index contributed by atoms with van der Waals surface area (Å²) in [5, 5.41) is 13.9. The first-order valence-electron chi connectivity index (χ1n) is 9.07. The normalized spacial score (nSPS) is 28.7. The SMILES string of the molecule is CC(NC1CCN(C2CCCCC2O)CC1)c1cccc(F)c1. The molecule has 1 saturated carbocycles. The minimum absolute atomic E-state index is 0.139. The molecule has 1 aromatic carbocycles. The van der Waals surface area contributed by atoms with E-state index < -0.39 is 0 Å². The Hall–Kier alpha value is -0.970. The summed E-state index contributed by atoms with van der Waals surface area (Å²) in [6, 6.07) is 7.87. The molecule has 1 aliphatic heterocycles. The van der Waals surface area contributed by atoms with Crippen LogP contribution in [-0.2, 0) is 0 Å². The van der Waals surface area contributed by atoms with Crippen LogP contribution in [0.3, 0.4) is 0 Å². The molecule has 3 nitrogen and oxygen atoms in total. The zero-order valence-corrected chi connectivity index (χ0v) is 14.0. The molecule has 128 valence electrons. The van der Waals surface area contributed by atoms with Crippen molar-refractivity contribution in [2.75, 3.05) is 13.1 Å². The number of aliphatic hydroxyl groups excluding tert-OH is 1. The second-order valence-corrected chi connectivity index (χ2v) is 7.17. The van der Waals surface area contributed by atoms with Crippen LogP contribution in [0.5, 0.6) is 0 Å². The van der Waals surface area contributed by atoms with Crippen LogP contribution in [0.2, 0.25) is 0 Å². The molecule has 0 radical (unpaired) electrons. The maximum atomic E-state index is 13.3. The third kappa shape index (κ3) is 4.31. The van der Waals surface area contributed by atoms with Gasteiger partial charge in [0.1, 0.15) is 5.82 Å². The van der Waals surface area contributed by atoms with Crippen molar-refractivity contribution in [3.8, 4) is 0 Å². The fourth-order valence-electron chi connectivity index (χ4n) is 4.14. The van der Waals surface area contributed by atoms with Crippen molar-refractivity contribution in [2.24, 2.45) is 0 Å². The Labute approximate surface area is 138 Å². The molecule has 2 fully saturated rings. The van der Waals surface area contributed by atoms with Crippen LogP contribution < -0.4 is 5.32 Å². The van der Waals surface area contributed by atoms with Gasteiger partial charge in [-0.1, -0.05) is 25.0 Å². The molecule has 4 heteroatoms. The van der Waals surface area contributed by atoms with Gasteiger partial charge in [0.25, 0.3) is 0 Å². The van der Waals surface area contributed by atoms with Gasteiger partial charge in [0.05, 0.1) is 6.10 Å². The molecular weight excluding hydrogens is 291 g/mol. The third-order valence-corrected chi connectivity index (χ3v) is 5.53. The van der Waals surface area contributed by atoms with Crippen LogP contribution in [0, 0.1) is 5.82 Å². The van der Waals surface area contributed by atoms with Gasteiger partial charge in [0, 0.05) is 31.2 Å². The Morgan fingerprint density at radius 1 is 1.17 bits per heavy atom. The minimum Gasteiger partial charge on any atom is -0.391 e. The summed E-state index contributed by atoms with van der Waals surface area (Å²) < 4.78 is 13.3. The van der Waals surface area contributed by atoms with Crippen LogP contribution in [0.15, 0.2) is 24.3 Å². The molecule has 1 aliphatic carbocycles. The Morgan fingerprint density at radius 3 is 2.61 bits per heavy atom. The summed E-state index contributed by atoms with van der Waals surface area (Å²) in [7, 11) is 0. The largest absolute Gasteiger partial charge is 0.391 e. The van der Waals surface area contributed by atoms with Crippen LogP contribution in [0.4, 0.5) is 4.39 Å². The van der Waals surface area contributed by atoms with E-state index in [0.29, 0.717) is 12.1 Å². The molecule has 0 amide bonds. The predicted octanol–water partition coefficient (Wildman–Crippen LogP) is 3.24. The highest BCUT2D eigenvalue weighted by Crippen LogP contribution is 2.26. The number of hydrogen-bond donors (Lipinski definition) is 2. The molecule has 0 spiro atoms. The van der Waals surface area contributed by atoms with Crippen molar-refractivity contribution in [2.45, 2.75) is 69.7 Å². The van der Waals surface area contributed by atoms with Crippen LogP contribution in [0.1, 0.15) is 57.1 Å². The number of halogens is 1. The Balaban J connectivity index is 1.49. The van der Waals surface area contributed by atoms with E-state index in [-0.39, 0.29) is 18.0 Å². The molecule has 1 heterocycles. The maximum Gasteiger partial charge on any atom is 0.123 e. The predicted molar refractivity (Wildman–Crippen MR) is 90.8 cm³/mol. The van der Waals surface area contributed by atoms with Crippen molar-refractivity contribution in [3.63, 3.8) is 0 Å². The average molecular weight is 320 g/mol. The van der Waals surface area contributed by atoms with E-state index in [1.165, 1.54) is 18.9 Å². The zero-order chi connectivity index (χ0) is 16.2. The Bertz CT molecular complexity index is 502. The number of nitrogens with zero attached hydrogens (tertiary/aromatic N) is 1. The smallest absolute Gasteiger partial charge is 0.123 e. The lowest BCUT2D eigenvalue weighted by atomic mass is 9.89. The van der Waals surface area contributed by atoms with Gasteiger partial charge in [-0.15, -0.1) is 0 Å². The second kappa shape index (κ2) is 7.73. The fraction of sp³-hybridized carbons (Fsp3) is 0.684. The molecular formula is C19H29FN2O. The molecule has 3 atom stereocenters.